The molecule has 0 aliphatic heterocycles. The zero-order chi connectivity index (χ0) is 36.5. The van der Waals surface area contributed by atoms with Crippen LogP contribution in [0.25, 0.3) is 84.2 Å². The maximum atomic E-state index is 7.28. The molecule has 3 aromatic heterocycles. The molecular weight excluding hydrogens is 711 g/mol. The fraction of sp³-hybridized carbons (Fsp3) is 0.0204. The summed E-state index contributed by atoms with van der Waals surface area (Å²) >= 11 is 3.58. The van der Waals surface area contributed by atoms with Gasteiger partial charge in [0.25, 0.3) is 0 Å². The van der Waals surface area contributed by atoms with Gasteiger partial charge in [-0.1, -0.05) is 115 Å². The molecule has 0 bridgehead atoms. The zero-order valence-corrected chi connectivity index (χ0v) is 31.1. The van der Waals surface area contributed by atoms with E-state index in [9.17, 15) is 0 Å². The highest BCUT2D eigenvalue weighted by Gasteiger charge is 2.20. The Morgan fingerprint density at radius 3 is 2.13 bits per heavy atom. The molecule has 0 amide bonds. The van der Waals surface area contributed by atoms with Gasteiger partial charge in [-0.25, -0.2) is 4.99 Å². The van der Waals surface area contributed by atoms with Crippen LogP contribution in [0.5, 0.6) is 0 Å². The molecule has 0 aliphatic carbocycles. The van der Waals surface area contributed by atoms with Crippen molar-refractivity contribution in [2.24, 2.45) is 15.7 Å². The molecule has 8 aromatic carbocycles. The van der Waals surface area contributed by atoms with Crippen molar-refractivity contribution in [1.82, 2.24) is 0 Å². The third-order valence-electron chi connectivity index (χ3n) is 10.6. The Morgan fingerprint density at radius 2 is 1.24 bits per heavy atom. The van der Waals surface area contributed by atoms with Crippen LogP contribution in [0.3, 0.4) is 0 Å². The number of fused-ring (bicyclic) bond motifs is 10. The SMILES string of the molecule is N/C(=N\C(=N/Cc1ccc2ccccc2c1)c1cccc2c1sc1ccccc12)c1cc(-c2cccc3sc4ccccc4c23)cc2oc3ccccc3c12. The Balaban J connectivity index is 1.14. The zero-order valence-electron chi connectivity index (χ0n) is 29.5. The second kappa shape index (κ2) is 12.8. The van der Waals surface area contributed by atoms with E-state index in [1.54, 1.807) is 11.3 Å². The van der Waals surface area contributed by atoms with Gasteiger partial charge in [-0.15, -0.1) is 22.7 Å². The Kier molecular flexibility index (Phi) is 7.40. The first-order chi connectivity index (χ1) is 27.2. The average Bonchev–Trinajstić information content (AvgIpc) is 3.93. The summed E-state index contributed by atoms with van der Waals surface area (Å²) in [5.74, 6) is 0.983. The van der Waals surface area contributed by atoms with E-state index in [1.165, 1.54) is 46.4 Å². The first-order valence-corrected chi connectivity index (χ1v) is 19.9. The van der Waals surface area contributed by atoms with Crippen LogP contribution in [0.1, 0.15) is 16.7 Å². The summed E-state index contributed by atoms with van der Waals surface area (Å²) in [4.78, 5) is 10.6. The molecular formula is C49H31N3OS2. The third-order valence-corrected chi connectivity index (χ3v) is 12.9. The quantitative estimate of drug-likeness (QED) is 0.141. The van der Waals surface area contributed by atoms with Crippen LogP contribution in [-0.4, -0.2) is 11.7 Å². The molecule has 0 spiro atoms. The molecule has 0 unspecified atom stereocenters. The van der Waals surface area contributed by atoms with Gasteiger partial charge in [-0.2, -0.15) is 0 Å². The van der Waals surface area contributed by atoms with E-state index in [2.05, 4.69) is 146 Å². The minimum atomic E-state index is 0.385. The Hall–Kier alpha value is -6.60. The maximum absolute atomic E-state index is 7.28. The summed E-state index contributed by atoms with van der Waals surface area (Å²) in [6, 6.07) is 57.5. The number of rotatable bonds is 5. The second-order valence-electron chi connectivity index (χ2n) is 13.9. The summed E-state index contributed by atoms with van der Waals surface area (Å²) in [5.41, 5.74) is 13.9. The minimum absolute atomic E-state index is 0.385. The average molecular weight is 742 g/mol. The summed E-state index contributed by atoms with van der Waals surface area (Å²) in [6.07, 6.45) is 0. The van der Waals surface area contributed by atoms with Crippen LogP contribution >= 0.6 is 22.7 Å². The normalized spacial score (nSPS) is 12.7. The second-order valence-corrected chi connectivity index (χ2v) is 16.0. The summed E-state index contributed by atoms with van der Waals surface area (Å²) in [5, 5.41) is 9.21. The number of aliphatic imine (C=N–C) groups is 2. The fourth-order valence-corrected chi connectivity index (χ4v) is 10.4. The Morgan fingerprint density at radius 1 is 0.527 bits per heavy atom. The van der Waals surface area contributed by atoms with E-state index in [0.717, 1.165) is 54.5 Å². The lowest BCUT2D eigenvalue weighted by molar-refractivity contribution is 0.669. The lowest BCUT2D eigenvalue weighted by atomic mass is 9.95. The molecule has 260 valence electrons. The van der Waals surface area contributed by atoms with Gasteiger partial charge in [0.2, 0.25) is 0 Å². The first kappa shape index (κ1) is 31.9. The lowest BCUT2D eigenvalue weighted by Crippen LogP contribution is -2.17. The number of thiophene rings is 2. The van der Waals surface area contributed by atoms with Crippen molar-refractivity contribution >= 4 is 107 Å². The van der Waals surface area contributed by atoms with Crippen molar-refractivity contribution in [1.29, 1.82) is 0 Å². The van der Waals surface area contributed by atoms with E-state index >= 15 is 0 Å². The number of amidine groups is 2. The lowest BCUT2D eigenvalue weighted by Gasteiger charge is -2.11. The molecule has 0 atom stereocenters. The van der Waals surface area contributed by atoms with Crippen LogP contribution < -0.4 is 5.73 Å². The van der Waals surface area contributed by atoms with Gasteiger partial charge in [-0.3, -0.25) is 4.99 Å². The molecule has 2 N–H and O–H groups in total. The van der Waals surface area contributed by atoms with Gasteiger partial charge in [0.05, 0.1) is 6.54 Å². The van der Waals surface area contributed by atoms with Gasteiger partial charge < -0.3 is 10.2 Å². The third kappa shape index (κ3) is 5.33. The summed E-state index contributed by atoms with van der Waals surface area (Å²) in [6.45, 7) is 0.454. The first-order valence-electron chi connectivity index (χ1n) is 18.3. The number of furan rings is 1. The summed E-state index contributed by atoms with van der Waals surface area (Å²) in [7, 11) is 0. The van der Waals surface area contributed by atoms with Gasteiger partial charge in [0, 0.05) is 62.2 Å². The van der Waals surface area contributed by atoms with E-state index in [4.69, 9.17) is 20.1 Å². The maximum Gasteiger partial charge on any atom is 0.158 e. The van der Waals surface area contributed by atoms with E-state index in [0.29, 0.717) is 18.2 Å². The fourth-order valence-electron chi connectivity index (χ4n) is 8.01. The number of hydrogen-bond donors (Lipinski definition) is 1. The van der Waals surface area contributed by atoms with Gasteiger partial charge >= 0.3 is 0 Å². The molecule has 0 radical (unpaired) electrons. The number of benzene rings is 8. The molecule has 3 heterocycles. The van der Waals surface area contributed by atoms with E-state index in [1.807, 2.05) is 29.5 Å². The summed E-state index contributed by atoms with van der Waals surface area (Å²) < 4.78 is 11.4. The van der Waals surface area contributed by atoms with Gasteiger partial charge in [-0.05, 0) is 76.0 Å². The van der Waals surface area contributed by atoms with Crippen molar-refractivity contribution in [2.45, 2.75) is 6.54 Å². The molecule has 6 heteroatoms. The number of nitrogens with two attached hydrogens (primary N) is 1. The molecule has 0 fully saturated rings. The predicted octanol–water partition coefficient (Wildman–Crippen LogP) is 13.5. The van der Waals surface area contributed by atoms with Crippen LogP contribution in [0.4, 0.5) is 0 Å². The van der Waals surface area contributed by atoms with Crippen molar-refractivity contribution in [3.8, 4) is 11.1 Å². The van der Waals surface area contributed by atoms with Gasteiger partial charge in [0.15, 0.2) is 5.84 Å². The monoisotopic (exact) mass is 741 g/mol. The molecule has 0 saturated carbocycles. The molecule has 0 aliphatic rings. The molecule has 0 saturated heterocycles. The van der Waals surface area contributed by atoms with Gasteiger partial charge in [0.1, 0.15) is 17.0 Å². The predicted molar refractivity (Wildman–Crippen MR) is 236 cm³/mol. The number of hydrogen-bond acceptors (Lipinski definition) is 4. The van der Waals surface area contributed by atoms with Crippen molar-refractivity contribution in [3.63, 3.8) is 0 Å². The standard InChI is InChI=1S/C49H31N3OS2/c50-48(39-26-32(27-41-45(39)36-14-3-6-19-40(36)53-41)33-16-10-22-44-46(33)37-15-5-8-21-43(37)54-44)52-49(51-28-29-23-24-30-11-1-2-12-31(30)25-29)38-18-9-17-35-34-13-4-7-20-42(34)55-47(35)38/h1-27H,28H2,(H2,50,51,52). The molecule has 11 aromatic rings. The smallest absolute Gasteiger partial charge is 0.158 e. The Labute approximate surface area is 324 Å². The largest absolute Gasteiger partial charge is 0.456 e. The van der Waals surface area contributed by atoms with Crippen molar-refractivity contribution in [3.05, 3.63) is 180 Å². The molecule has 55 heavy (non-hydrogen) atoms. The molecule has 11 rings (SSSR count). The highest BCUT2D eigenvalue weighted by Crippen LogP contribution is 2.43. The Bertz CT molecular complexity index is 3380. The highest BCUT2D eigenvalue weighted by atomic mass is 32.1. The van der Waals surface area contributed by atoms with Crippen LogP contribution in [0.2, 0.25) is 0 Å². The number of para-hydroxylation sites is 1. The number of nitrogens with zero attached hydrogens (tertiary/aromatic N) is 2. The highest BCUT2D eigenvalue weighted by molar-refractivity contribution is 7.26. The van der Waals surface area contributed by atoms with E-state index in [-0.39, 0.29) is 0 Å². The van der Waals surface area contributed by atoms with Crippen LogP contribution in [-0.2, 0) is 6.54 Å². The van der Waals surface area contributed by atoms with Crippen molar-refractivity contribution < 1.29 is 4.42 Å². The van der Waals surface area contributed by atoms with E-state index < -0.39 is 0 Å². The van der Waals surface area contributed by atoms with Crippen molar-refractivity contribution in [2.75, 3.05) is 0 Å². The van der Waals surface area contributed by atoms with Crippen LogP contribution in [0.15, 0.2) is 178 Å². The topological polar surface area (TPSA) is 63.9 Å². The van der Waals surface area contributed by atoms with Crippen LogP contribution in [0, 0.1) is 0 Å². The minimum Gasteiger partial charge on any atom is -0.456 e. The molecule has 4 nitrogen and oxygen atoms in total.